The lowest BCUT2D eigenvalue weighted by Gasteiger charge is -2.03. The second-order valence-corrected chi connectivity index (χ2v) is 2.80. The number of nitrogens with two attached hydrogens (primary N) is 1. The number of carbonyl (C=O) groups excluding carboxylic acids is 2. The number of nitrogens with one attached hydrogen (secondary N) is 1. The molecule has 0 atom stereocenters. The maximum atomic E-state index is 11.0. The average Bonchev–Trinajstić information content (AvgIpc) is 2.27. The molecule has 0 heterocycles. The second kappa shape index (κ2) is 6.18. The van der Waals surface area contributed by atoms with E-state index in [0.29, 0.717) is 0 Å². The Bertz CT molecular complexity index is 390. The third-order valence-corrected chi connectivity index (χ3v) is 1.59. The maximum absolute atomic E-state index is 11.0. The van der Waals surface area contributed by atoms with E-state index in [9.17, 15) is 9.59 Å². The number of ether oxygens (including phenoxy) is 1. The Morgan fingerprint density at radius 3 is 2.69 bits per heavy atom. The van der Waals surface area contributed by atoms with Crippen LogP contribution in [-0.2, 0) is 11.3 Å². The van der Waals surface area contributed by atoms with E-state index < -0.39 is 12.1 Å². The smallest absolute Gasteiger partial charge is 0.412 e. The van der Waals surface area contributed by atoms with Gasteiger partial charge in [-0.05, 0) is 5.56 Å². The molecule has 0 unspecified atom stereocenters. The van der Waals surface area contributed by atoms with Gasteiger partial charge in [0.2, 0.25) is 0 Å². The number of primary amides is 1. The molecule has 0 saturated carbocycles. The summed E-state index contributed by atoms with van der Waals surface area (Å²) >= 11 is 0. The first-order chi connectivity index (χ1) is 7.68. The summed E-state index contributed by atoms with van der Waals surface area (Å²) in [6.07, 6.45) is 0.184. The van der Waals surface area contributed by atoms with Crippen LogP contribution >= 0.6 is 0 Å². The number of alkyl carbamates (subject to hydrolysis) is 1. The van der Waals surface area contributed by atoms with Crippen molar-refractivity contribution in [3.8, 4) is 0 Å². The number of rotatable bonds is 3. The van der Waals surface area contributed by atoms with Crippen LogP contribution in [0.5, 0.6) is 0 Å². The van der Waals surface area contributed by atoms with Gasteiger partial charge in [-0.3, -0.25) is 5.32 Å². The van der Waals surface area contributed by atoms with Gasteiger partial charge in [-0.2, -0.15) is 4.99 Å². The van der Waals surface area contributed by atoms with Crippen LogP contribution in [0.15, 0.2) is 35.3 Å². The van der Waals surface area contributed by atoms with Crippen LogP contribution in [0.3, 0.4) is 0 Å². The summed E-state index contributed by atoms with van der Waals surface area (Å²) in [5.74, 6) is 0. The van der Waals surface area contributed by atoms with Crippen LogP contribution in [0.4, 0.5) is 9.59 Å². The minimum Gasteiger partial charge on any atom is -0.444 e. The molecule has 0 aliphatic rings. The summed E-state index contributed by atoms with van der Waals surface area (Å²) in [4.78, 5) is 24.3. The first kappa shape index (κ1) is 11.7. The zero-order chi connectivity index (χ0) is 11.8. The van der Waals surface area contributed by atoms with E-state index in [1.54, 1.807) is 0 Å². The molecule has 0 radical (unpaired) electrons. The van der Waals surface area contributed by atoms with Crippen molar-refractivity contribution in [2.75, 3.05) is 0 Å². The van der Waals surface area contributed by atoms with Crippen LogP contribution < -0.4 is 11.1 Å². The lowest BCUT2D eigenvalue weighted by molar-refractivity contribution is 0.145. The Labute approximate surface area is 92.1 Å². The van der Waals surface area contributed by atoms with Gasteiger partial charge in [0.15, 0.2) is 0 Å². The molecule has 0 fully saturated rings. The van der Waals surface area contributed by atoms with Gasteiger partial charge in [0.1, 0.15) is 12.9 Å². The molecule has 0 bridgehead atoms. The molecule has 16 heavy (non-hydrogen) atoms. The molecular formula is C10H11N3O3. The van der Waals surface area contributed by atoms with Gasteiger partial charge in [-0.1, -0.05) is 30.3 Å². The average molecular weight is 221 g/mol. The molecule has 3 amide bonds. The quantitative estimate of drug-likeness (QED) is 0.589. The standard InChI is InChI=1S/C10H11N3O3/c11-9(14)12-7-13-10(15)16-6-8-4-2-1-3-5-8/h1-5,7H,6H2,(H3,11,12,13,14,15). The maximum Gasteiger partial charge on any atom is 0.412 e. The van der Waals surface area contributed by atoms with Gasteiger partial charge in [0.05, 0.1) is 0 Å². The van der Waals surface area contributed by atoms with E-state index in [1.807, 2.05) is 30.3 Å². The molecule has 0 spiro atoms. The molecule has 1 aromatic carbocycles. The molecule has 3 N–H and O–H groups in total. The minimum absolute atomic E-state index is 0.150. The van der Waals surface area contributed by atoms with Gasteiger partial charge < -0.3 is 10.5 Å². The summed E-state index contributed by atoms with van der Waals surface area (Å²) < 4.78 is 4.82. The second-order valence-electron chi connectivity index (χ2n) is 2.80. The number of aliphatic imine (C=N–C) groups is 1. The third-order valence-electron chi connectivity index (χ3n) is 1.59. The first-order valence-electron chi connectivity index (χ1n) is 4.47. The van der Waals surface area contributed by atoms with Crippen molar-refractivity contribution < 1.29 is 14.3 Å². The number of hydrogen-bond acceptors (Lipinski definition) is 3. The normalized spacial score (nSPS) is 10.0. The van der Waals surface area contributed by atoms with Crippen LogP contribution in [0.1, 0.15) is 5.56 Å². The number of hydrogen-bond donors (Lipinski definition) is 2. The van der Waals surface area contributed by atoms with Gasteiger partial charge in [-0.15, -0.1) is 0 Å². The molecule has 0 saturated heterocycles. The van der Waals surface area contributed by atoms with Crippen LogP contribution in [0.2, 0.25) is 0 Å². The van der Waals surface area contributed by atoms with Gasteiger partial charge in [0, 0.05) is 0 Å². The largest absolute Gasteiger partial charge is 0.444 e. The van der Waals surface area contributed by atoms with E-state index in [-0.39, 0.29) is 6.61 Å². The molecule has 6 nitrogen and oxygen atoms in total. The highest BCUT2D eigenvalue weighted by atomic mass is 16.5. The van der Waals surface area contributed by atoms with Crippen LogP contribution in [-0.4, -0.2) is 18.5 Å². The zero-order valence-electron chi connectivity index (χ0n) is 8.42. The summed E-state index contributed by atoms with van der Waals surface area (Å²) in [5, 5.41) is 2.13. The summed E-state index contributed by atoms with van der Waals surface area (Å²) in [5.41, 5.74) is 5.58. The van der Waals surface area contributed by atoms with E-state index in [4.69, 9.17) is 10.5 Å². The van der Waals surface area contributed by atoms with E-state index in [0.717, 1.165) is 11.9 Å². The third kappa shape index (κ3) is 4.75. The Hall–Kier alpha value is -2.37. The number of urea groups is 1. The van der Waals surface area contributed by atoms with Crippen LogP contribution in [0.25, 0.3) is 0 Å². The highest BCUT2D eigenvalue weighted by Crippen LogP contribution is 1.99. The number of nitrogens with zero attached hydrogens (tertiary/aromatic N) is 1. The van der Waals surface area contributed by atoms with Gasteiger partial charge >= 0.3 is 12.1 Å². The molecule has 1 aromatic rings. The van der Waals surface area contributed by atoms with Crippen molar-refractivity contribution in [2.24, 2.45) is 10.7 Å². The molecule has 1 rings (SSSR count). The Balaban J connectivity index is 2.28. The highest BCUT2D eigenvalue weighted by molar-refractivity contribution is 5.88. The number of benzene rings is 1. The molecule has 0 aliphatic carbocycles. The SMILES string of the molecule is NC(=O)N=CNC(=O)OCc1ccccc1. The lowest BCUT2D eigenvalue weighted by Crippen LogP contribution is -2.23. The first-order valence-corrected chi connectivity index (χ1v) is 4.47. The number of carbonyl (C=O) groups is 2. The fourth-order valence-corrected chi connectivity index (χ4v) is 0.913. The molecule has 84 valence electrons. The van der Waals surface area contributed by atoms with Crippen molar-refractivity contribution in [1.82, 2.24) is 5.32 Å². The van der Waals surface area contributed by atoms with E-state index >= 15 is 0 Å². The zero-order valence-corrected chi connectivity index (χ0v) is 8.42. The fourth-order valence-electron chi connectivity index (χ4n) is 0.913. The Kier molecular flexibility index (Phi) is 4.52. The lowest BCUT2D eigenvalue weighted by atomic mass is 10.2. The highest BCUT2D eigenvalue weighted by Gasteiger charge is 1.99. The summed E-state index contributed by atoms with van der Waals surface area (Å²) in [6.45, 7) is 0.150. The predicted octanol–water partition coefficient (Wildman–Crippen LogP) is 1.02. The van der Waals surface area contributed by atoms with E-state index in [2.05, 4.69) is 10.3 Å². The fraction of sp³-hybridized carbons (Fsp3) is 0.100. The molecule has 0 aliphatic heterocycles. The minimum atomic E-state index is -0.886. The summed E-state index contributed by atoms with van der Waals surface area (Å²) in [6, 6.07) is 8.30. The Morgan fingerprint density at radius 1 is 1.38 bits per heavy atom. The van der Waals surface area contributed by atoms with Crippen molar-refractivity contribution in [3.63, 3.8) is 0 Å². The molecule has 6 heteroatoms. The van der Waals surface area contributed by atoms with Crippen LogP contribution in [0, 0.1) is 0 Å². The summed E-state index contributed by atoms with van der Waals surface area (Å²) in [7, 11) is 0. The molecule has 0 aromatic heterocycles. The monoisotopic (exact) mass is 221 g/mol. The van der Waals surface area contributed by atoms with Gasteiger partial charge in [-0.25, -0.2) is 9.59 Å². The van der Waals surface area contributed by atoms with Crippen molar-refractivity contribution in [1.29, 1.82) is 0 Å². The Morgan fingerprint density at radius 2 is 2.06 bits per heavy atom. The predicted molar refractivity (Wildman–Crippen MR) is 57.8 cm³/mol. The van der Waals surface area contributed by atoms with Crippen molar-refractivity contribution in [2.45, 2.75) is 6.61 Å². The van der Waals surface area contributed by atoms with Gasteiger partial charge in [0.25, 0.3) is 0 Å². The molecular weight excluding hydrogens is 210 g/mol. The van der Waals surface area contributed by atoms with Crippen molar-refractivity contribution >= 4 is 18.5 Å². The topological polar surface area (TPSA) is 93.8 Å². The van der Waals surface area contributed by atoms with Crippen molar-refractivity contribution in [3.05, 3.63) is 35.9 Å². The van der Waals surface area contributed by atoms with E-state index in [1.165, 1.54) is 0 Å². The number of amides is 3.